The average molecular weight is 474 g/mol. The second-order valence-electron chi connectivity index (χ2n) is 6.86. The van der Waals surface area contributed by atoms with E-state index in [-0.39, 0.29) is 12.3 Å². The highest BCUT2D eigenvalue weighted by atomic mass is 79.9. The molecule has 3 nitrogen and oxygen atoms in total. The van der Waals surface area contributed by atoms with Crippen molar-refractivity contribution in [3.63, 3.8) is 0 Å². The van der Waals surface area contributed by atoms with E-state index in [1.165, 1.54) is 0 Å². The summed E-state index contributed by atoms with van der Waals surface area (Å²) >= 11 is 15.8. The number of rotatable bonds is 2. The topological polar surface area (TPSA) is 24.8 Å². The Bertz CT molecular complexity index is 1070. The van der Waals surface area contributed by atoms with E-state index in [0.717, 1.165) is 39.0 Å². The van der Waals surface area contributed by atoms with E-state index in [0.29, 0.717) is 10.0 Å². The van der Waals surface area contributed by atoms with E-state index >= 15 is 0 Å². The Hall–Kier alpha value is -2.01. The zero-order valence-electron chi connectivity index (χ0n) is 14.6. The summed E-state index contributed by atoms with van der Waals surface area (Å²) in [5, 5.41) is 8.39. The van der Waals surface area contributed by atoms with E-state index < -0.39 is 0 Å². The molecule has 140 valence electrons. The lowest BCUT2D eigenvalue weighted by molar-refractivity contribution is -0.0190. The van der Waals surface area contributed by atoms with Crippen molar-refractivity contribution in [2.24, 2.45) is 5.10 Å². The van der Waals surface area contributed by atoms with Gasteiger partial charge in [0.1, 0.15) is 5.75 Å². The number of hydrogen-bond donors (Lipinski definition) is 0. The summed E-state index contributed by atoms with van der Waals surface area (Å²) in [6.07, 6.45) is 0.478. The summed E-state index contributed by atoms with van der Waals surface area (Å²) in [6, 6.07) is 21.8. The molecule has 5 rings (SSSR count). The second kappa shape index (κ2) is 7.11. The van der Waals surface area contributed by atoms with Crippen molar-refractivity contribution in [1.29, 1.82) is 0 Å². The van der Waals surface area contributed by atoms with E-state index in [2.05, 4.69) is 28.1 Å². The van der Waals surface area contributed by atoms with E-state index in [1.54, 1.807) is 0 Å². The van der Waals surface area contributed by atoms with Gasteiger partial charge in [-0.15, -0.1) is 0 Å². The predicted octanol–water partition coefficient (Wildman–Crippen LogP) is 7.00. The summed E-state index contributed by atoms with van der Waals surface area (Å²) < 4.78 is 7.39. The number of halogens is 3. The fraction of sp³-hybridized carbons (Fsp3) is 0.136. The first-order valence-corrected chi connectivity index (χ1v) is 10.5. The van der Waals surface area contributed by atoms with E-state index in [1.807, 2.05) is 59.6 Å². The largest absolute Gasteiger partial charge is 0.464 e. The molecular formula is C22H15BrCl2N2O. The molecule has 6 heteroatoms. The quantitative estimate of drug-likeness (QED) is 0.400. The van der Waals surface area contributed by atoms with Crippen LogP contribution in [0.5, 0.6) is 5.75 Å². The molecule has 0 aliphatic carbocycles. The van der Waals surface area contributed by atoms with Gasteiger partial charge >= 0.3 is 0 Å². The lowest BCUT2D eigenvalue weighted by Crippen LogP contribution is -2.33. The van der Waals surface area contributed by atoms with Crippen LogP contribution >= 0.6 is 39.1 Å². The second-order valence-corrected chi connectivity index (χ2v) is 8.65. The average Bonchev–Trinajstić information content (AvgIpc) is 3.14. The molecule has 0 saturated carbocycles. The van der Waals surface area contributed by atoms with Crippen molar-refractivity contribution < 1.29 is 4.74 Å². The minimum atomic E-state index is -0.316. The standard InChI is InChI=1S/C22H15BrCl2N2O/c23-15-5-1-13(2-6-15)19-12-20-18-11-17(25)9-10-21(18)28-22(27(20)26-19)14-3-7-16(24)8-4-14/h1-11,20,22H,12H2/t20-,22-/m0/s1. The Morgan fingerprint density at radius 2 is 1.64 bits per heavy atom. The molecule has 0 N–H and O–H groups in total. The molecule has 2 aliphatic rings. The monoisotopic (exact) mass is 472 g/mol. The molecule has 0 unspecified atom stereocenters. The number of hydrogen-bond acceptors (Lipinski definition) is 3. The van der Waals surface area contributed by atoms with Gasteiger partial charge in [0.05, 0.1) is 11.8 Å². The molecule has 0 bridgehead atoms. The van der Waals surface area contributed by atoms with Crippen LogP contribution in [0.25, 0.3) is 0 Å². The first-order valence-electron chi connectivity index (χ1n) is 8.92. The molecular weight excluding hydrogens is 459 g/mol. The van der Waals surface area contributed by atoms with Gasteiger partial charge in [-0.2, -0.15) is 5.10 Å². The number of nitrogens with zero attached hydrogens (tertiary/aromatic N) is 2. The van der Waals surface area contributed by atoms with Gasteiger partial charge in [-0.05, 0) is 48.0 Å². The Balaban J connectivity index is 1.59. The SMILES string of the molecule is Clc1ccc([C@@H]2Oc3ccc(Cl)cc3[C@@H]3CC(c4ccc(Br)cc4)=NN32)cc1. The molecule has 0 fully saturated rings. The summed E-state index contributed by atoms with van der Waals surface area (Å²) in [7, 11) is 0. The third-order valence-corrected chi connectivity index (χ3v) is 6.10. The van der Waals surface area contributed by atoms with Crippen molar-refractivity contribution in [3.8, 4) is 5.75 Å². The molecule has 0 saturated heterocycles. The Kier molecular flexibility index (Phi) is 4.58. The van der Waals surface area contributed by atoms with Gasteiger partial charge in [-0.1, -0.05) is 63.4 Å². The van der Waals surface area contributed by atoms with Crippen molar-refractivity contribution in [3.05, 3.63) is 97.9 Å². The lowest BCUT2D eigenvalue weighted by Gasteiger charge is -2.38. The van der Waals surface area contributed by atoms with Crippen molar-refractivity contribution >= 4 is 44.8 Å². The number of hydrazone groups is 1. The fourth-order valence-corrected chi connectivity index (χ4v) is 4.29. The van der Waals surface area contributed by atoms with Crippen LogP contribution in [0.2, 0.25) is 10.0 Å². The van der Waals surface area contributed by atoms with Crippen molar-refractivity contribution in [2.45, 2.75) is 18.7 Å². The normalized spacial score (nSPS) is 20.2. The van der Waals surface area contributed by atoms with Gasteiger partial charge in [0, 0.05) is 32.1 Å². The highest BCUT2D eigenvalue weighted by molar-refractivity contribution is 9.10. The maximum Gasteiger partial charge on any atom is 0.213 e. The molecule has 0 spiro atoms. The summed E-state index contributed by atoms with van der Waals surface area (Å²) in [4.78, 5) is 0. The van der Waals surface area contributed by atoms with Crippen LogP contribution in [0.3, 0.4) is 0 Å². The minimum absolute atomic E-state index is 0.0711. The first kappa shape index (κ1) is 18.0. The highest BCUT2D eigenvalue weighted by Crippen LogP contribution is 2.48. The fourth-order valence-electron chi connectivity index (χ4n) is 3.72. The van der Waals surface area contributed by atoms with Crippen LogP contribution in [0, 0.1) is 0 Å². The summed E-state index contributed by atoms with van der Waals surface area (Å²) in [5.74, 6) is 0.845. The Morgan fingerprint density at radius 3 is 2.39 bits per heavy atom. The van der Waals surface area contributed by atoms with Gasteiger partial charge in [0.2, 0.25) is 6.23 Å². The van der Waals surface area contributed by atoms with Crippen molar-refractivity contribution in [2.75, 3.05) is 0 Å². The minimum Gasteiger partial charge on any atom is -0.464 e. The van der Waals surface area contributed by atoms with Gasteiger partial charge < -0.3 is 4.74 Å². The van der Waals surface area contributed by atoms with Crippen LogP contribution in [0.1, 0.15) is 35.4 Å². The van der Waals surface area contributed by atoms with Crippen LogP contribution in [-0.2, 0) is 0 Å². The van der Waals surface area contributed by atoms with Gasteiger partial charge in [-0.3, -0.25) is 0 Å². The van der Waals surface area contributed by atoms with Gasteiger partial charge in [0.25, 0.3) is 0 Å². The van der Waals surface area contributed by atoms with Crippen molar-refractivity contribution in [1.82, 2.24) is 5.01 Å². The van der Waals surface area contributed by atoms with Crippen LogP contribution in [0.4, 0.5) is 0 Å². The molecule has 2 aliphatic heterocycles. The van der Waals surface area contributed by atoms with E-state index in [9.17, 15) is 0 Å². The van der Waals surface area contributed by atoms with Gasteiger partial charge in [0.15, 0.2) is 0 Å². The number of ether oxygens (including phenoxy) is 1. The third kappa shape index (κ3) is 3.20. The van der Waals surface area contributed by atoms with Crippen LogP contribution < -0.4 is 4.74 Å². The molecule has 3 aromatic rings. The summed E-state index contributed by atoms with van der Waals surface area (Å²) in [5.41, 5.74) is 4.22. The lowest BCUT2D eigenvalue weighted by atomic mass is 9.96. The summed E-state index contributed by atoms with van der Waals surface area (Å²) in [6.45, 7) is 0. The maximum atomic E-state index is 6.34. The first-order chi connectivity index (χ1) is 13.6. The highest BCUT2D eigenvalue weighted by Gasteiger charge is 2.41. The molecule has 3 aromatic carbocycles. The van der Waals surface area contributed by atoms with Crippen LogP contribution in [0.15, 0.2) is 76.3 Å². The molecule has 2 atom stereocenters. The molecule has 0 aromatic heterocycles. The molecule has 0 amide bonds. The predicted molar refractivity (Wildman–Crippen MR) is 116 cm³/mol. The zero-order valence-corrected chi connectivity index (χ0v) is 17.7. The Morgan fingerprint density at radius 1 is 0.929 bits per heavy atom. The van der Waals surface area contributed by atoms with Crippen LogP contribution in [-0.4, -0.2) is 10.7 Å². The van der Waals surface area contributed by atoms with E-state index in [4.69, 9.17) is 33.0 Å². The van der Waals surface area contributed by atoms with Gasteiger partial charge in [-0.25, -0.2) is 5.01 Å². The number of fused-ring (bicyclic) bond motifs is 3. The number of benzene rings is 3. The Labute approximate surface area is 181 Å². The smallest absolute Gasteiger partial charge is 0.213 e. The molecule has 0 radical (unpaired) electrons. The zero-order chi connectivity index (χ0) is 19.3. The maximum absolute atomic E-state index is 6.34. The molecule has 28 heavy (non-hydrogen) atoms. The molecule has 2 heterocycles. The third-order valence-electron chi connectivity index (χ3n) is 5.08.